The maximum Gasteiger partial charge on any atom is 0.303 e. The normalized spacial score (nSPS) is 23.2. The predicted molar refractivity (Wildman–Crippen MR) is 174 cm³/mol. The van der Waals surface area contributed by atoms with Crippen LogP contribution in [0.1, 0.15) is 83.1 Å². The highest BCUT2D eigenvalue weighted by Crippen LogP contribution is 2.40. The third kappa shape index (κ3) is 10.2. The molecule has 0 radical (unpaired) electrons. The number of hydrogen-bond donors (Lipinski definition) is 0. The number of carbonyl (C=O) groups is 4. The van der Waals surface area contributed by atoms with Crippen molar-refractivity contribution in [3.63, 3.8) is 0 Å². The zero-order valence-electron chi connectivity index (χ0n) is 28.2. The molecule has 11 nitrogen and oxygen atoms in total. The summed E-state index contributed by atoms with van der Waals surface area (Å²) < 4.78 is 40.2. The monoisotopic (exact) mass is 688 g/mol. The average molecular weight is 689 g/mol. The molecule has 1 heterocycles. The van der Waals surface area contributed by atoms with Crippen LogP contribution in [-0.2, 0) is 54.0 Å². The molecule has 2 aliphatic rings. The van der Waals surface area contributed by atoms with Gasteiger partial charge in [-0.15, -0.1) is 0 Å². The van der Waals surface area contributed by atoms with Crippen LogP contribution >= 0.6 is 11.6 Å². The van der Waals surface area contributed by atoms with Gasteiger partial charge in [-0.1, -0.05) is 48.7 Å². The number of rotatable bonds is 14. The van der Waals surface area contributed by atoms with Gasteiger partial charge in [0.25, 0.3) is 0 Å². The van der Waals surface area contributed by atoms with Gasteiger partial charge in [0.05, 0.1) is 13.2 Å². The maximum absolute atomic E-state index is 12.3. The fraction of sp³-hybridized carbons (Fsp3) is 0.556. The molecule has 0 spiro atoms. The lowest BCUT2D eigenvalue weighted by Gasteiger charge is -2.44. The Balaban J connectivity index is 1.58. The van der Waals surface area contributed by atoms with Gasteiger partial charge in [-0.25, -0.2) is 0 Å². The molecular formula is C36H45ClO11. The number of ether oxygens (including phenoxy) is 7. The highest BCUT2D eigenvalue weighted by Gasteiger charge is 2.52. The van der Waals surface area contributed by atoms with Gasteiger partial charge in [-0.2, -0.15) is 0 Å². The van der Waals surface area contributed by atoms with E-state index in [9.17, 15) is 19.2 Å². The van der Waals surface area contributed by atoms with Gasteiger partial charge in [0.2, 0.25) is 0 Å². The molecule has 262 valence electrons. The largest absolute Gasteiger partial charge is 0.493 e. The van der Waals surface area contributed by atoms with Gasteiger partial charge in [0.1, 0.15) is 24.6 Å². The van der Waals surface area contributed by atoms with E-state index in [1.165, 1.54) is 40.5 Å². The molecular weight excluding hydrogens is 644 g/mol. The molecule has 48 heavy (non-hydrogen) atoms. The number of carbonyl (C=O) groups excluding carboxylic acids is 4. The van der Waals surface area contributed by atoms with E-state index >= 15 is 0 Å². The summed E-state index contributed by atoms with van der Waals surface area (Å²) in [5, 5.41) is 0.504. The minimum absolute atomic E-state index is 0.0533. The van der Waals surface area contributed by atoms with E-state index in [1.807, 2.05) is 37.3 Å². The van der Waals surface area contributed by atoms with Crippen molar-refractivity contribution in [2.75, 3.05) is 26.4 Å². The molecule has 2 aromatic carbocycles. The van der Waals surface area contributed by atoms with Crippen molar-refractivity contribution in [1.29, 1.82) is 0 Å². The van der Waals surface area contributed by atoms with E-state index < -0.39 is 54.4 Å². The van der Waals surface area contributed by atoms with Crippen molar-refractivity contribution in [2.24, 2.45) is 5.41 Å². The molecule has 0 aromatic heterocycles. The van der Waals surface area contributed by atoms with Crippen LogP contribution in [0.2, 0.25) is 5.02 Å². The van der Waals surface area contributed by atoms with Crippen LogP contribution in [0.4, 0.5) is 0 Å². The number of halogens is 1. The van der Waals surface area contributed by atoms with E-state index in [-0.39, 0.29) is 12.0 Å². The molecule has 2 aromatic rings. The summed E-state index contributed by atoms with van der Waals surface area (Å²) in [6, 6.07) is 13.1. The highest BCUT2D eigenvalue weighted by molar-refractivity contribution is 6.31. The SMILES string of the molecule is CCOCC1(COc2ccc(Cc3cc([C@@H]4O[C@H](COC(C)=O)[C@@H](OC(C)=O)[C@H](OC(C)=O)[C@H]4OC(C)=O)ccc3Cl)cc2)CCCC1. The smallest absolute Gasteiger partial charge is 0.303 e. The Labute approximate surface area is 286 Å². The van der Waals surface area contributed by atoms with Crippen molar-refractivity contribution in [2.45, 2.75) is 97.2 Å². The summed E-state index contributed by atoms with van der Waals surface area (Å²) in [4.78, 5) is 48.3. The quantitative estimate of drug-likeness (QED) is 0.179. The Morgan fingerprint density at radius 2 is 1.44 bits per heavy atom. The minimum atomic E-state index is -1.27. The number of esters is 4. The predicted octanol–water partition coefficient (Wildman–Crippen LogP) is 5.70. The number of benzene rings is 2. The highest BCUT2D eigenvalue weighted by atomic mass is 35.5. The molecule has 2 fully saturated rings. The molecule has 0 bridgehead atoms. The van der Waals surface area contributed by atoms with Crippen LogP contribution in [0, 0.1) is 5.41 Å². The van der Waals surface area contributed by atoms with Crippen LogP contribution in [0.15, 0.2) is 42.5 Å². The molecule has 1 aliphatic heterocycles. The van der Waals surface area contributed by atoms with Crippen molar-refractivity contribution < 1.29 is 52.3 Å². The summed E-state index contributed by atoms with van der Waals surface area (Å²) in [5.41, 5.74) is 2.35. The van der Waals surface area contributed by atoms with Crippen LogP contribution < -0.4 is 4.74 Å². The van der Waals surface area contributed by atoms with E-state index in [2.05, 4.69) is 0 Å². The van der Waals surface area contributed by atoms with E-state index in [1.54, 1.807) is 12.1 Å². The first-order valence-corrected chi connectivity index (χ1v) is 16.7. The summed E-state index contributed by atoms with van der Waals surface area (Å²) in [6.07, 6.45) is -0.731. The fourth-order valence-corrected chi connectivity index (χ4v) is 6.52. The molecule has 1 saturated carbocycles. The molecule has 1 saturated heterocycles. The van der Waals surface area contributed by atoms with Crippen molar-refractivity contribution in [3.8, 4) is 5.75 Å². The van der Waals surface area contributed by atoms with Crippen LogP contribution in [-0.4, -0.2) is 74.7 Å². The Morgan fingerprint density at radius 3 is 2.04 bits per heavy atom. The Kier molecular flexibility index (Phi) is 13.3. The van der Waals surface area contributed by atoms with Crippen LogP contribution in [0.5, 0.6) is 5.75 Å². The van der Waals surface area contributed by atoms with Crippen LogP contribution in [0.3, 0.4) is 0 Å². The second-order valence-electron chi connectivity index (χ2n) is 12.4. The first kappa shape index (κ1) is 37.2. The lowest BCUT2D eigenvalue weighted by Crippen LogP contribution is -2.59. The Bertz CT molecular complexity index is 1420. The molecule has 0 unspecified atom stereocenters. The van der Waals surface area contributed by atoms with Crippen molar-refractivity contribution in [3.05, 3.63) is 64.2 Å². The third-order valence-electron chi connectivity index (χ3n) is 8.53. The van der Waals surface area contributed by atoms with E-state index in [0.29, 0.717) is 36.8 Å². The molecule has 0 amide bonds. The second-order valence-corrected chi connectivity index (χ2v) is 12.8. The lowest BCUT2D eigenvalue weighted by molar-refractivity contribution is -0.254. The summed E-state index contributed by atoms with van der Waals surface area (Å²) in [6.45, 7) is 8.50. The molecule has 4 rings (SSSR count). The van der Waals surface area contributed by atoms with E-state index in [0.717, 1.165) is 29.7 Å². The summed E-state index contributed by atoms with van der Waals surface area (Å²) in [5.74, 6) is -1.87. The lowest BCUT2D eigenvalue weighted by atomic mass is 9.88. The maximum atomic E-state index is 12.3. The topological polar surface area (TPSA) is 133 Å². The van der Waals surface area contributed by atoms with E-state index in [4.69, 9.17) is 44.8 Å². The van der Waals surface area contributed by atoms with Crippen molar-refractivity contribution in [1.82, 2.24) is 0 Å². The minimum Gasteiger partial charge on any atom is -0.493 e. The van der Waals surface area contributed by atoms with Gasteiger partial charge in [-0.05, 0) is 61.1 Å². The first-order chi connectivity index (χ1) is 22.9. The van der Waals surface area contributed by atoms with Gasteiger partial charge < -0.3 is 33.2 Å². The zero-order chi connectivity index (χ0) is 34.8. The zero-order valence-corrected chi connectivity index (χ0v) is 28.9. The summed E-state index contributed by atoms with van der Waals surface area (Å²) >= 11 is 6.66. The number of hydrogen-bond acceptors (Lipinski definition) is 11. The van der Waals surface area contributed by atoms with Crippen LogP contribution in [0.25, 0.3) is 0 Å². The Hall–Kier alpha value is -3.67. The molecule has 0 N–H and O–H groups in total. The van der Waals surface area contributed by atoms with Gasteiger partial charge in [-0.3, -0.25) is 19.2 Å². The molecule has 1 aliphatic carbocycles. The summed E-state index contributed by atoms with van der Waals surface area (Å²) in [7, 11) is 0. The van der Waals surface area contributed by atoms with Gasteiger partial charge >= 0.3 is 23.9 Å². The Morgan fingerprint density at radius 1 is 0.812 bits per heavy atom. The standard InChI is InChI=1S/C36H45ClO11/c1-6-42-20-36(15-7-8-16-36)21-44-29-12-9-26(10-13-29)17-28-18-27(11-14-30(28)37)32-34(46-24(4)40)35(47-25(5)41)33(45-23(3)39)31(48-32)19-43-22(2)38/h9-14,18,31-35H,6-8,15-17,19-21H2,1-5H3/t31-,32+,33-,34+,35+/m1/s1. The van der Waals surface area contributed by atoms with Gasteiger partial charge in [0, 0.05) is 44.7 Å². The average Bonchev–Trinajstić information content (AvgIpc) is 3.50. The van der Waals surface area contributed by atoms with Crippen molar-refractivity contribution >= 4 is 35.5 Å². The first-order valence-electron chi connectivity index (χ1n) is 16.3. The van der Waals surface area contributed by atoms with Gasteiger partial charge in [0.15, 0.2) is 18.3 Å². The molecule has 12 heteroatoms. The third-order valence-corrected chi connectivity index (χ3v) is 8.90. The second kappa shape index (κ2) is 17.1. The fourth-order valence-electron chi connectivity index (χ4n) is 6.34. The molecule has 5 atom stereocenters.